The standard InChI is InChI=1S/C26H29N3O3S/c1-20(21-15-17-22(18-16-21)26(2,3)4)27-28-25(30)19-29(23-11-7-5-8-12-23)33(31,32)24-13-9-6-10-14-24/h5-18H,19H2,1-4H3,(H,28,30)/b27-20-. The third-order valence-electron chi connectivity index (χ3n) is 5.18. The molecule has 3 aromatic rings. The topological polar surface area (TPSA) is 78.8 Å². The number of hydrogen-bond donors (Lipinski definition) is 1. The van der Waals surface area contributed by atoms with E-state index in [1.165, 1.54) is 17.7 Å². The van der Waals surface area contributed by atoms with Gasteiger partial charge in [-0.05, 0) is 47.7 Å². The Balaban J connectivity index is 1.79. The molecule has 0 heterocycles. The Morgan fingerprint density at radius 2 is 1.42 bits per heavy atom. The summed E-state index contributed by atoms with van der Waals surface area (Å²) in [6.45, 7) is 7.82. The summed E-state index contributed by atoms with van der Waals surface area (Å²) in [4.78, 5) is 12.8. The number of amides is 1. The number of benzene rings is 3. The summed E-state index contributed by atoms with van der Waals surface area (Å²) < 4.78 is 27.6. The summed E-state index contributed by atoms with van der Waals surface area (Å²) in [7, 11) is -3.93. The zero-order valence-corrected chi connectivity index (χ0v) is 20.1. The van der Waals surface area contributed by atoms with Gasteiger partial charge in [0.1, 0.15) is 6.54 Å². The lowest BCUT2D eigenvalue weighted by atomic mass is 9.86. The monoisotopic (exact) mass is 463 g/mol. The van der Waals surface area contributed by atoms with Crippen molar-refractivity contribution in [3.8, 4) is 0 Å². The molecule has 0 saturated carbocycles. The molecule has 172 valence electrons. The number of hydrazone groups is 1. The summed E-state index contributed by atoms with van der Waals surface area (Å²) in [6, 6.07) is 24.6. The van der Waals surface area contributed by atoms with Gasteiger partial charge >= 0.3 is 0 Å². The molecule has 0 atom stereocenters. The van der Waals surface area contributed by atoms with Crippen LogP contribution in [0, 0.1) is 0 Å². The Kier molecular flexibility index (Phi) is 7.33. The number of sulfonamides is 1. The van der Waals surface area contributed by atoms with Crippen LogP contribution in [0.3, 0.4) is 0 Å². The lowest BCUT2D eigenvalue weighted by molar-refractivity contribution is -0.119. The van der Waals surface area contributed by atoms with Gasteiger partial charge < -0.3 is 0 Å². The number of nitrogens with one attached hydrogen (secondary N) is 1. The first-order chi connectivity index (χ1) is 15.6. The molecule has 0 aliphatic carbocycles. The highest BCUT2D eigenvalue weighted by molar-refractivity contribution is 7.92. The van der Waals surface area contributed by atoms with E-state index in [2.05, 4.69) is 31.3 Å². The first-order valence-electron chi connectivity index (χ1n) is 10.7. The molecule has 1 amide bonds. The number of carbonyl (C=O) groups is 1. The minimum atomic E-state index is -3.93. The molecule has 0 radical (unpaired) electrons. The van der Waals surface area contributed by atoms with Crippen molar-refractivity contribution in [3.63, 3.8) is 0 Å². The summed E-state index contributed by atoms with van der Waals surface area (Å²) in [5, 5.41) is 4.18. The molecule has 6 nitrogen and oxygen atoms in total. The Morgan fingerprint density at radius 3 is 1.97 bits per heavy atom. The smallest absolute Gasteiger partial charge is 0.264 e. The van der Waals surface area contributed by atoms with Crippen molar-refractivity contribution in [3.05, 3.63) is 96.1 Å². The van der Waals surface area contributed by atoms with Crippen LogP contribution in [0.5, 0.6) is 0 Å². The lowest BCUT2D eigenvalue weighted by Crippen LogP contribution is -2.39. The quantitative estimate of drug-likeness (QED) is 0.407. The van der Waals surface area contributed by atoms with E-state index in [9.17, 15) is 13.2 Å². The fraction of sp³-hybridized carbons (Fsp3) is 0.231. The van der Waals surface area contributed by atoms with Crippen LogP contribution in [0.25, 0.3) is 0 Å². The number of carbonyl (C=O) groups excluding carboxylic acids is 1. The highest BCUT2D eigenvalue weighted by atomic mass is 32.2. The fourth-order valence-corrected chi connectivity index (χ4v) is 4.66. The summed E-state index contributed by atoms with van der Waals surface area (Å²) in [5.41, 5.74) is 5.64. The normalized spacial score (nSPS) is 12.3. The van der Waals surface area contributed by atoms with Gasteiger partial charge in [0.05, 0.1) is 16.3 Å². The average Bonchev–Trinajstić information content (AvgIpc) is 2.81. The van der Waals surface area contributed by atoms with E-state index in [0.717, 1.165) is 9.87 Å². The predicted octanol–water partition coefficient (Wildman–Crippen LogP) is 4.72. The van der Waals surface area contributed by atoms with E-state index in [4.69, 9.17) is 0 Å². The maximum Gasteiger partial charge on any atom is 0.264 e. The molecular weight excluding hydrogens is 434 g/mol. The van der Waals surface area contributed by atoms with Crippen LogP contribution < -0.4 is 9.73 Å². The number of para-hydroxylation sites is 1. The van der Waals surface area contributed by atoms with Gasteiger partial charge in [0.2, 0.25) is 0 Å². The van der Waals surface area contributed by atoms with Crippen molar-refractivity contribution in [2.24, 2.45) is 5.10 Å². The summed E-state index contributed by atoms with van der Waals surface area (Å²) in [6.07, 6.45) is 0. The van der Waals surface area contributed by atoms with E-state index in [1.807, 2.05) is 24.3 Å². The molecule has 3 aromatic carbocycles. The molecule has 1 N–H and O–H groups in total. The van der Waals surface area contributed by atoms with Crippen molar-refractivity contribution < 1.29 is 13.2 Å². The molecule has 3 rings (SSSR count). The largest absolute Gasteiger partial charge is 0.271 e. The Hall–Kier alpha value is -3.45. The average molecular weight is 464 g/mol. The minimum absolute atomic E-state index is 0.0446. The molecular formula is C26H29N3O3S. The van der Waals surface area contributed by atoms with Gasteiger partial charge in [0, 0.05) is 0 Å². The SMILES string of the molecule is C/C(=N/NC(=O)CN(c1ccccc1)S(=O)(=O)c1ccccc1)c1ccc(C(C)(C)C)cc1. The van der Waals surface area contributed by atoms with Crippen LogP contribution in [0.15, 0.2) is 94.9 Å². The first-order valence-corrected chi connectivity index (χ1v) is 12.1. The van der Waals surface area contributed by atoms with E-state index in [0.29, 0.717) is 11.4 Å². The van der Waals surface area contributed by atoms with Gasteiger partial charge in [0.15, 0.2) is 0 Å². The van der Waals surface area contributed by atoms with Gasteiger partial charge in [0.25, 0.3) is 15.9 Å². The van der Waals surface area contributed by atoms with Crippen LogP contribution in [0.1, 0.15) is 38.8 Å². The third-order valence-corrected chi connectivity index (χ3v) is 6.97. The highest BCUT2D eigenvalue weighted by Gasteiger charge is 2.27. The summed E-state index contributed by atoms with van der Waals surface area (Å²) >= 11 is 0. The maximum absolute atomic E-state index is 13.3. The molecule has 0 spiro atoms. The van der Waals surface area contributed by atoms with E-state index >= 15 is 0 Å². The maximum atomic E-state index is 13.3. The highest BCUT2D eigenvalue weighted by Crippen LogP contribution is 2.24. The second-order valence-electron chi connectivity index (χ2n) is 8.72. The zero-order valence-electron chi connectivity index (χ0n) is 19.3. The first kappa shape index (κ1) is 24.2. The van der Waals surface area contributed by atoms with Crippen molar-refractivity contribution >= 4 is 27.3 Å². The summed E-state index contributed by atoms with van der Waals surface area (Å²) in [5.74, 6) is -0.538. The van der Waals surface area contributed by atoms with Crippen LogP contribution in [-0.4, -0.2) is 26.6 Å². The van der Waals surface area contributed by atoms with E-state index in [1.54, 1.807) is 55.5 Å². The Labute approximate surface area is 196 Å². The fourth-order valence-electron chi connectivity index (χ4n) is 3.22. The zero-order chi connectivity index (χ0) is 24.1. The molecule has 0 saturated heterocycles. The van der Waals surface area contributed by atoms with Crippen molar-refractivity contribution in [2.45, 2.75) is 38.0 Å². The van der Waals surface area contributed by atoms with E-state index < -0.39 is 22.5 Å². The molecule has 33 heavy (non-hydrogen) atoms. The number of anilines is 1. The van der Waals surface area contributed by atoms with Crippen LogP contribution in [0.4, 0.5) is 5.69 Å². The van der Waals surface area contributed by atoms with Crippen LogP contribution in [-0.2, 0) is 20.2 Å². The van der Waals surface area contributed by atoms with Crippen LogP contribution in [0.2, 0.25) is 0 Å². The minimum Gasteiger partial charge on any atom is -0.271 e. The van der Waals surface area contributed by atoms with Gasteiger partial charge in [-0.1, -0.05) is 81.4 Å². The van der Waals surface area contributed by atoms with Gasteiger partial charge in [-0.25, -0.2) is 13.8 Å². The van der Waals surface area contributed by atoms with Gasteiger partial charge in [-0.2, -0.15) is 5.10 Å². The van der Waals surface area contributed by atoms with Crippen molar-refractivity contribution in [1.82, 2.24) is 5.43 Å². The van der Waals surface area contributed by atoms with Gasteiger partial charge in [-0.3, -0.25) is 9.10 Å². The van der Waals surface area contributed by atoms with Gasteiger partial charge in [-0.15, -0.1) is 0 Å². The third kappa shape index (κ3) is 6.08. The van der Waals surface area contributed by atoms with Crippen LogP contribution >= 0.6 is 0 Å². The second kappa shape index (κ2) is 10.0. The molecule has 7 heteroatoms. The predicted molar refractivity (Wildman–Crippen MR) is 133 cm³/mol. The Bertz CT molecular complexity index is 1220. The molecule has 0 aromatic heterocycles. The molecule has 0 bridgehead atoms. The number of nitrogens with zero attached hydrogens (tertiary/aromatic N) is 2. The lowest BCUT2D eigenvalue weighted by Gasteiger charge is -2.23. The molecule has 0 unspecified atom stereocenters. The second-order valence-corrected chi connectivity index (χ2v) is 10.6. The molecule has 0 aliphatic heterocycles. The number of rotatable bonds is 7. The van der Waals surface area contributed by atoms with Crippen molar-refractivity contribution in [1.29, 1.82) is 0 Å². The number of hydrogen-bond acceptors (Lipinski definition) is 4. The Morgan fingerprint density at radius 1 is 0.879 bits per heavy atom. The van der Waals surface area contributed by atoms with E-state index in [-0.39, 0.29) is 10.3 Å². The van der Waals surface area contributed by atoms with Crippen molar-refractivity contribution in [2.75, 3.05) is 10.8 Å². The molecule has 0 fully saturated rings. The molecule has 0 aliphatic rings.